The van der Waals surface area contributed by atoms with E-state index in [1.807, 2.05) is 0 Å². The predicted octanol–water partition coefficient (Wildman–Crippen LogP) is 2.19. The second-order valence-electron chi connectivity index (χ2n) is 4.17. The van der Waals surface area contributed by atoms with Gasteiger partial charge < -0.3 is 10.4 Å². The topological polar surface area (TPSA) is 66.4 Å². The van der Waals surface area contributed by atoms with Gasteiger partial charge in [-0.3, -0.25) is 4.79 Å². The minimum absolute atomic E-state index is 0.348. The number of halogens is 1. The molecule has 4 nitrogen and oxygen atoms in total. The Kier molecular flexibility index (Phi) is 3.19. The first-order chi connectivity index (χ1) is 8.05. The highest BCUT2D eigenvalue weighted by Crippen LogP contribution is 2.32. The number of nitrogens with one attached hydrogen (secondary N) is 1. The lowest BCUT2D eigenvalue weighted by molar-refractivity contribution is -0.148. The van der Waals surface area contributed by atoms with Gasteiger partial charge >= 0.3 is 5.97 Å². The smallest absolute Gasteiger partial charge is 0.329 e. The minimum atomic E-state index is -1.06. The van der Waals surface area contributed by atoms with Crippen molar-refractivity contribution in [3.05, 3.63) is 34.3 Å². The molecule has 1 fully saturated rings. The number of hydrogen-bond acceptors (Lipinski definition) is 2. The third kappa shape index (κ3) is 2.20. The highest BCUT2D eigenvalue weighted by atomic mass is 79.9. The van der Waals surface area contributed by atoms with Gasteiger partial charge in [0.25, 0.3) is 5.91 Å². The van der Waals surface area contributed by atoms with Gasteiger partial charge in [-0.25, -0.2) is 4.79 Å². The molecule has 1 aliphatic rings. The number of carboxylic acid groups (broad SMARTS) is 1. The third-order valence-corrected chi connectivity index (χ3v) is 3.78. The summed E-state index contributed by atoms with van der Waals surface area (Å²) in [6.07, 6.45) is 1.83. The number of carboxylic acids is 1. The van der Waals surface area contributed by atoms with Gasteiger partial charge in [-0.05, 0) is 47.3 Å². The molecule has 2 rings (SSSR count). The normalized spacial score (nSPS) is 17.0. The molecule has 0 atom stereocenters. The molecule has 0 spiro atoms. The minimum Gasteiger partial charge on any atom is -0.480 e. The zero-order valence-corrected chi connectivity index (χ0v) is 10.7. The monoisotopic (exact) mass is 297 g/mol. The summed E-state index contributed by atoms with van der Waals surface area (Å²) in [6, 6.07) is 6.96. The summed E-state index contributed by atoms with van der Waals surface area (Å²) in [6.45, 7) is 0. The van der Waals surface area contributed by atoms with Gasteiger partial charge in [-0.2, -0.15) is 0 Å². The maximum absolute atomic E-state index is 12.0. The van der Waals surface area contributed by atoms with Crippen molar-refractivity contribution < 1.29 is 14.7 Å². The summed E-state index contributed by atoms with van der Waals surface area (Å²) < 4.78 is 0.664. The van der Waals surface area contributed by atoms with Crippen molar-refractivity contribution in [3.63, 3.8) is 0 Å². The Labute approximate surface area is 107 Å². The zero-order chi connectivity index (χ0) is 12.5. The molecule has 5 heteroatoms. The van der Waals surface area contributed by atoms with Crippen LogP contribution in [0.25, 0.3) is 0 Å². The summed E-state index contributed by atoms with van der Waals surface area (Å²) >= 11 is 3.27. The summed E-state index contributed by atoms with van der Waals surface area (Å²) in [7, 11) is 0. The van der Waals surface area contributed by atoms with E-state index in [9.17, 15) is 9.59 Å². The second kappa shape index (κ2) is 4.49. The highest BCUT2D eigenvalue weighted by Gasteiger charge is 2.45. The molecule has 0 radical (unpaired) electrons. The molecule has 0 aliphatic heterocycles. The molecule has 1 amide bonds. The lowest BCUT2D eigenvalue weighted by atomic mass is 9.76. The second-order valence-corrected chi connectivity index (χ2v) is 5.03. The van der Waals surface area contributed by atoms with Crippen LogP contribution in [0.1, 0.15) is 29.6 Å². The molecular weight excluding hydrogens is 286 g/mol. The lowest BCUT2D eigenvalue weighted by Crippen LogP contribution is -2.59. The van der Waals surface area contributed by atoms with E-state index >= 15 is 0 Å². The quantitative estimate of drug-likeness (QED) is 0.899. The molecule has 17 heavy (non-hydrogen) atoms. The molecular formula is C12H12BrNO3. The number of amides is 1. The largest absolute Gasteiger partial charge is 0.480 e. The van der Waals surface area contributed by atoms with E-state index in [2.05, 4.69) is 21.2 Å². The number of benzene rings is 1. The van der Waals surface area contributed by atoms with Crippen LogP contribution in [0.4, 0.5) is 0 Å². The van der Waals surface area contributed by atoms with Crippen LogP contribution < -0.4 is 5.32 Å². The van der Waals surface area contributed by atoms with Gasteiger partial charge in [0.05, 0.1) is 5.56 Å². The van der Waals surface area contributed by atoms with Crippen molar-refractivity contribution in [1.82, 2.24) is 5.32 Å². The van der Waals surface area contributed by atoms with Gasteiger partial charge in [0.1, 0.15) is 5.54 Å². The molecule has 1 aromatic rings. The van der Waals surface area contributed by atoms with E-state index < -0.39 is 11.5 Å². The average molecular weight is 298 g/mol. The summed E-state index contributed by atoms with van der Waals surface area (Å²) in [4.78, 5) is 23.1. The maximum Gasteiger partial charge on any atom is 0.329 e. The van der Waals surface area contributed by atoms with Crippen LogP contribution in [0.2, 0.25) is 0 Å². The number of rotatable bonds is 3. The van der Waals surface area contributed by atoms with E-state index in [4.69, 9.17) is 5.11 Å². The van der Waals surface area contributed by atoms with Crippen LogP contribution in [-0.2, 0) is 4.79 Å². The van der Waals surface area contributed by atoms with E-state index in [0.29, 0.717) is 22.9 Å². The first kappa shape index (κ1) is 12.1. The van der Waals surface area contributed by atoms with Crippen LogP contribution in [0.3, 0.4) is 0 Å². The predicted molar refractivity (Wildman–Crippen MR) is 65.8 cm³/mol. The lowest BCUT2D eigenvalue weighted by Gasteiger charge is -2.38. The van der Waals surface area contributed by atoms with Gasteiger partial charge in [-0.1, -0.05) is 12.1 Å². The van der Waals surface area contributed by atoms with Gasteiger partial charge in [-0.15, -0.1) is 0 Å². The molecule has 0 heterocycles. The molecule has 1 aliphatic carbocycles. The maximum atomic E-state index is 12.0. The van der Waals surface area contributed by atoms with E-state index in [0.717, 1.165) is 6.42 Å². The number of carbonyl (C=O) groups is 2. The molecule has 90 valence electrons. The van der Waals surface area contributed by atoms with Crippen molar-refractivity contribution in [2.24, 2.45) is 0 Å². The Bertz CT molecular complexity index is 469. The number of hydrogen-bond donors (Lipinski definition) is 2. The first-order valence-electron chi connectivity index (χ1n) is 5.36. The van der Waals surface area contributed by atoms with Crippen molar-refractivity contribution in [2.75, 3.05) is 0 Å². The molecule has 0 unspecified atom stereocenters. The van der Waals surface area contributed by atoms with Crippen molar-refractivity contribution in [2.45, 2.75) is 24.8 Å². The van der Waals surface area contributed by atoms with Crippen LogP contribution in [0.5, 0.6) is 0 Å². The van der Waals surface area contributed by atoms with Crippen LogP contribution in [0, 0.1) is 0 Å². The molecule has 1 aromatic carbocycles. The van der Waals surface area contributed by atoms with Crippen molar-refractivity contribution in [3.8, 4) is 0 Å². The summed E-state index contributed by atoms with van der Waals surface area (Å²) in [5.41, 5.74) is -0.605. The van der Waals surface area contributed by atoms with Crippen LogP contribution in [0.15, 0.2) is 28.7 Å². The Morgan fingerprint density at radius 1 is 1.29 bits per heavy atom. The van der Waals surface area contributed by atoms with Crippen molar-refractivity contribution in [1.29, 1.82) is 0 Å². The highest BCUT2D eigenvalue weighted by molar-refractivity contribution is 9.10. The molecule has 0 saturated heterocycles. The molecule has 2 N–H and O–H groups in total. The van der Waals surface area contributed by atoms with Gasteiger partial charge in [0.15, 0.2) is 0 Å². The zero-order valence-electron chi connectivity index (χ0n) is 9.07. The summed E-state index contributed by atoms with van der Waals surface area (Å²) in [5, 5.41) is 11.7. The number of carbonyl (C=O) groups excluding carboxylic acids is 1. The van der Waals surface area contributed by atoms with E-state index in [1.165, 1.54) is 0 Å². The Hall–Kier alpha value is -1.36. The fraction of sp³-hybridized carbons (Fsp3) is 0.333. The van der Waals surface area contributed by atoms with E-state index in [-0.39, 0.29) is 5.91 Å². The molecule has 0 aromatic heterocycles. The Morgan fingerprint density at radius 3 is 2.41 bits per heavy atom. The van der Waals surface area contributed by atoms with Crippen molar-refractivity contribution >= 4 is 27.8 Å². The van der Waals surface area contributed by atoms with Crippen LogP contribution in [-0.4, -0.2) is 22.5 Å². The number of aliphatic carboxylic acids is 1. The first-order valence-corrected chi connectivity index (χ1v) is 6.15. The van der Waals surface area contributed by atoms with Gasteiger partial charge in [0, 0.05) is 4.47 Å². The molecule has 0 bridgehead atoms. The van der Waals surface area contributed by atoms with Crippen LogP contribution >= 0.6 is 15.9 Å². The SMILES string of the molecule is O=C(NC1(C(=O)O)CCC1)c1ccccc1Br. The standard InChI is InChI=1S/C12H12BrNO3/c13-9-5-2-1-4-8(9)10(15)14-12(11(16)17)6-3-7-12/h1-2,4-5H,3,6-7H2,(H,14,15)(H,16,17). The van der Waals surface area contributed by atoms with Gasteiger partial charge in [0.2, 0.25) is 0 Å². The fourth-order valence-electron chi connectivity index (χ4n) is 1.85. The molecule has 1 saturated carbocycles. The Morgan fingerprint density at radius 2 is 1.94 bits per heavy atom. The fourth-order valence-corrected chi connectivity index (χ4v) is 2.32. The Balaban J connectivity index is 2.17. The summed E-state index contributed by atoms with van der Waals surface area (Å²) in [5.74, 6) is -1.30. The average Bonchev–Trinajstić information content (AvgIpc) is 2.23. The third-order valence-electron chi connectivity index (χ3n) is 3.09. The van der Waals surface area contributed by atoms with E-state index in [1.54, 1.807) is 24.3 Å².